The van der Waals surface area contributed by atoms with Crippen molar-refractivity contribution in [1.29, 1.82) is 0 Å². The lowest BCUT2D eigenvalue weighted by Crippen LogP contribution is -2.23. The number of carbonyl (C=O) groups excluding carboxylic acids is 1. The summed E-state index contributed by atoms with van der Waals surface area (Å²) in [7, 11) is 3.20. The van der Waals surface area contributed by atoms with Crippen molar-refractivity contribution >= 4 is 17.3 Å². The highest BCUT2D eigenvalue weighted by atomic mass is 16.5. The Hall–Kier alpha value is -2.69. The molecule has 1 N–H and O–H groups in total. The highest BCUT2D eigenvalue weighted by molar-refractivity contribution is 5.92. The molecule has 5 heteroatoms. The van der Waals surface area contributed by atoms with E-state index in [1.165, 1.54) is 31.4 Å². The highest BCUT2D eigenvalue weighted by Gasteiger charge is 2.12. The maximum atomic E-state index is 12.4. The summed E-state index contributed by atoms with van der Waals surface area (Å²) < 4.78 is 10.6. The van der Waals surface area contributed by atoms with Crippen LogP contribution in [0.5, 0.6) is 11.5 Å². The van der Waals surface area contributed by atoms with Gasteiger partial charge in [0.25, 0.3) is 0 Å². The lowest BCUT2D eigenvalue weighted by atomic mass is 10.1. The molecule has 2 aromatic carbocycles. The molecule has 0 saturated carbocycles. The molecule has 0 atom stereocenters. The Kier molecular flexibility index (Phi) is 6.58. The van der Waals surface area contributed by atoms with Crippen LogP contribution in [-0.2, 0) is 11.2 Å². The number of hydrogen-bond acceptors (Lipinski definition) is 4. The van der Waals surface area contributed by atoms with Crippen molar-refractivity contribution in [1.82, 2.24) is 0 Å². The predicted octanol–water partition coefficient (Wildman–Crippen LogP) is 4.27. The van der Waals surface area contributed by atoms with Crippen molar-refractivity contribution in [2.75, 3.05) is 37.5 Å². The second-order valence-corrected chi connectivity index (χ2v) is 6.85. The Morgan fingerprint density at radius 3 is 2.30 bits per heavy atom. The van der Waals surface area contributed by atoms with Gasteiger partial charge < -0.3 is 19.7 Å². The van der Waals surface area contributed by atoms with Crippen LogP contribution in [0.3, 0.4) is 0 Å². The number of anilines is 2. The van der Waals surface area contributed by atoms with Gasteiger partial charge in [-0.1, -0.05) is 18.9 Å². The Morgan fingerprint density at radius 1 is 0.963 bits per heavy atom. The Balaban J connectivity index is 1.61. The van der Waals surface area contributed by atoms with Gasteiger partial charge in [0.05, 0.1) is 20.6 Å². The minimum Gasteiger partial charge on any atom is -0.497 e. The molecule has 2 aromatic rings. The molecule has 0 radical (unpaired) electrons. The quantitative estimate of drug-likeness (QED) is 0.827. The molecule has 3 rings (SSSR count). The van der Waals surface area contributed by atoms with Crippen molar-refractivity contribution in [2.24, 2.45) is 0 Å². The van der Waals surface area contributed by atoms with E-state index in [0.717, 1.165) is 24.3 Å². The second-order valence-electron chi connectivity index (χ2n) is 6.85. The molecule has 144 valence electrons. The summed E-state index contributed by atoms with van der Waals surface area (Å²) in [5.74, 6) is 1.29. The van der Waals surface area contributed by atoms with E-state index in [2.05, 4.69) is 22.3 Å². The van der Waals surface area contributed by atoms with Crippen LogP contribution in [0.4, 0.5) is 11.4 Å². The molecule has 0 aromatic heterocycles. The predicted molar refractivity (Wildman–Crippen MR) is 109 cm³/mol. The maximum absolute atomic E-state index is 12.4. The zero-order chi connectivity index (χ0) is 19.1. The van der Waals surface area contributed by atoms with Gasteiger partial charge in [-0.2, -0.15) is 0 Å². The molecule has 5 nitrogen and oxygen atoms in total. The molecule has 1 amide bonds. The third-order valence-electron chi connectivity index (χ3n) is 4.97. The van der Waals surface area contributed by atoms with Crippen LogP contribution in [-0.4, -0.2) is 33.2 Å². The largest absolute Gasteiger partial charge is 0.497 e. The molecule has 0 spiro atoms. The Bertz CT molecular complexity index is 751. The standard InChI is InChI=1S/C22H28N2O3/c1-26-20-12-7-17(21(16-20)27-2)15-22(25)23-18-8-10-19(11-9-18)24-13-5-3-4-6-14-24/h7-12,16H,3-6,13-15H2,1-2H3,(H,23,25). The third-order valence-corrected chi connectivity index (χ3v) is 4.97. The highest BCUT2D eigenvalue weighted by Crippen LogP contribution is 2.26. The van der Waals surface area contributed by atoms with Crippen LogP contribution in [0.15, 0.2) is 42.5 Å². The summed E-state index contributed by atoms with van der Waals surface area (Å²) in [4.78, 5) is 14.9. The Labute approximate surface area is 161 Å². The first-order valence-corrected chi connectivity index (χ1v) is 9.55. The molecule has 1 saturated heterocycles. The number of nitrogens with zero attached hydrogens (tertiary/aromatic N) is 1. The zero-order valence-electron chi connectivity index (χ0n) is 16.2. The maximum Gasteiger partial charge on any atom is 0.228 e. The van der Waals surface area contributed by atoms with E-state index in [9.17, 15) is 4.79 Å². The van der Waals surface area contributed by atoms with E-state index in [4.69, 9.17) is 9.47 Å². The number of ether oxygens (including phenoxy) is 2. The van der Waals surface area contributed by atoms with Gasteiger partial charge >= 0.3 is 0 Å². The summed E-state index contributed by atoms with van der Waals surface area (Å²) in [6.07, 6.45) is 5.39. The van der Waals surface area contributed by atoms with Crippen LogP contribution in [0.1, 0.15) is 31.2 Å². The number of hydrogen-bond donors (Lipinski definition) is 1. The molecule has 0 bridgehead atoms. The lowest BCUT2D eigenvalue weighted by Gasteiger charge is -2.22. The molecule has 1 heterocycles. The van der Waals surface area contributed by atoms with Crippen LogP contribution in [0.2, 0.25) is 0 Å². The fraction of sp³-hybridized carbons (Fsp3) is 0.409. The minimum atomic E-state index is -0.0685. The fourth-order valence-corrected chi connectivity index (χ4v) is 3.46. The number of nitrogens with one attached hydrogen (secondary N) is 1. The summed E-state index contributed by atoms with van der Waals surface area (Å²) in [5, 5.41) is 2.97. The molecule has 1 aliphatic rings. The van der Waals surface area contributed by atoms with Crippen molar-refractivity contribution in [3.8, 4) is 11.5 Å². The molecule has 1 fully saturated rings. The van der Waals surface area contributed by atoms with Crippen LogP contribution < -0.4 is 19.7 Å². The average molecular weight is 368 g/mol. The first-order chi connectivity index (χ1) is 13.2. The molecular formula is C22H28N2O3. The van der Waals surface area contributed by atoms with Gasteiger partial charge in [-0.3, -0.25) is 4.79 Å². The van der Waals surface area contributed by atoms with Crippen LogP contribution >= 0.6 is 0 Å². The summed E-state index contributed by atoms with van der Waals surface area (Å²) in [6.45, 7) is 2.23. The van der Waals surface area contributed by atoms with E-state index in [-0.39, 0.29) is 12.3 Å². The van der Waals surface area contributed by atoms with Crippen molar-refractivity contribution < 1.29 is 14.3 Å². The van der Waals surface area contributed by atoms with E-state index >= 15 is 0 Å². The molecule has 0 aliphatic carbocycles. The van der Waals surface area contributed by atoms with Gasteiger partial charge in [0.2, 0.25) is 5.91 Å². The zero-order valence-corrected chi connectivity index (χ0v) is 16.2. The second kappa shape index (κ2) is 9.31. The summed E-state index contributed by atoms with van der Waals surface area (Å²) >= 11 is 0. The van der Waals surface area contributed by atoms with Gasteiger partial charge in [-0.15, -0.1) is 0 Å². The number of methoxy groups -OCH3 is 2. The van der Waals surface area contributed by atoms with E-state index in [1.54, 1.807) is 20.3 Å². The van der Waals surface area contributed by atoms with Crippen LogP contribution in [0.25, 0.3) is 0 Å². The SMILES string of the molecule is COc1ccc(CC(=O)Nc2ccc(N3CCCCCC3)cc2)c(OC)c1. The first kappa shape index (κ1) is 19.1. The third kappa shape index (κ3) is 5.16. The smallest absolute Gasteiger partial charge is 0.228 e. The number of benzene rings is 2. The summed E-state index contributed by atoms with van der Waals surface area (Å²) in [5.41, 5.74) is 2.87. The first-order valence-electron chi connectivity index (χ1n) is 9.55. The van der Waals surface area contributed by atoms with Gasteiger partial charge in [0.1, 0.15) is 11.5 Å². The Morgan fingerprint density at radius 2 is 1.67 bits per heavy atom. The monoisotopic (exact) mass is 368 g/mol. The lowest BCUT2D eigenvalue weighted by molar-refractivity contribution is -0.115. The average Bonchev–Trinajstić information content (AvgIpc) is 2.98. The van der Waals surface area contributed by atoms with Gasteiger partial charge in [-0.05, 0) is 43.2 Å². The van der Waals surface area contributed by atoms with Crippen molar-refractivity contribution in [3.63, 3.8) is 0 Å². The van der Waals surface area contributed by atoms with Crippen molar-refractivity contribution in [3.05, 3.63) is 48.0 Å². The summed E-state index contributed by atoms with van der Waals surface area (Å²) in [6, 6.07) is 13.6. The van der Waals surface area contributed by atoms with Gasteiger partial charge in [-0.25, -0.2) is 0 Å². The topological polar surface area (TPSA) is 50.8 Å². The van der Waals surface area contributed by atoms with Gasteiger partial charge in [0, 0.05) is 36.1 Å². The number of rotatable bonds is 6. The van der Waals surface area contributed by atoms with E-state index < -0.39 is 0 Å². The molecule has 27 heavy (non-hydrogen) atoms. The normalized spacial score (nSPS) is 14.4. The van der Waals surface area contributed by atoms with E-state index in [0.29, 0.717) is 11.5 Å². The minimum absolute atomic E-state index is 0.0685. The molecular weight excluding hydrogens is 340 g/mol. The van der Waals surface area contributed by atoms with Crippen molar-refractivity contribution in [2.45, 2.75) is 32.1 Å². The van der Waals surface area contributed by atoms with Crippen LogP contribution in [0, 0.1) is 0 Å². The number of carbonyl (C=O) groups is 1. The number of amides is 1. The molecule has 1 aliphatic heterocycles. The molecule has 0 unspecified atom stereocenters. The fourth-order valence-electron chi connectivity index (χ4n) is 3.46. The van der Waals surface area contributed by atoms with E-state index in [1.807, 2.05) is 24.3 Å². The van der Waals surface area contributed by atoms with Gasteiger partial charge in [0.15, 0.2) is 0 Å².